The molecule has 0 atom stereocenters. The minimum Gasteiger partial charge on any atom is -0.347 e. The first-order valence-corrected chi connectivity index (χ1v) is 7.31. The van der Waals surface area contributed by atoms with E-state index >= 15 is 0 Å². The summed E-state index contributed by atoms with van der Waals surface area (Å²) in [5.74, 6) is 0.579. The lowest BCUT2D eigenvalue weighted by molar-refractivity contribution is 0.579. The molecule has 0 radical (unpaired) electrons. The first kappa shape index (κ1) is 13.7. The summed E-state index contributed by atoms with van der Waals surface area (Å²) in [5, 5.41) is 2.99. The maximum absolute atomic E-state index is 12.1. The van der Waals surface area contributed by atoms with Crippen LogP contribution in [-0.2, 0) is 23.1 Å². The standard InChI is InChI=1S/C12H16N4O2S/c1-13-8-10-3-2-4-11(7-10)19(17,18)16-9-12-14-5-6-15-12/h2-7,13,16H,8-9H2,1H3,(H,14,15). The van der Waals surface area contributed by atoms with Gasteiger partial charge in [-0.15, -0.1) is 0 Å². The highest BCUT2D eigenvalue weighted by Crippen LogP contribution is 2.11. The van der Waals surface area contributed by atoms with Crippen LogP contribution in [0.3, 0.4) is 0 Å². The fourth-order valence-electron chi connectivity index (χ4n) is 1.67. The third kappa shape index (κ3) is 3.63. The van der Waals surface area contributed by atoms with E-state index in [9.17, 15) is 8.42 Å². The predicted molar refractivity (Wildman–Crippen MR) is 71.8 cm³/mol. The van der Waals surface area contributed by atoms with Crippen molar-refractivity contribution in [3.05, 3.63) is 48.0 Å². The SMILES string of the molecule is CNCc1cccc(S(=O)(=O)NCc2ncc[nH]2)c1. The normalized spacial score (nSPS) is 11.6. The molecule has 0 bridgehead atoms. The summed E-state index contributed by atoms with van der Waals surface area (Å²) < 4.78 is 26.7. The van der Waals surface area contributed by atoms with Crippen molar-refractivity contribution >= 4 is 10.0 Å². The number of rotatable bonds is 6. The van der Waals surface area contributed by atoms with Gasteiger partial charge in [-0.2, -0.15) is 0 Å². The van der Waals surface area contributed by atoms with Crippen molar-refractivity contribution in [1.82, 2.24) is 20.0 Å². The van der Waals surface area contributed by atoms with Crippen molar-refractivity contribution < 1.29 is 8.42 Å². The molecular formula is C12H16N4O2S. The first-order valence-electron chi connectivity index (χ1n) is 5.83. The number of benzene rings is 1. The van der Waals surface area contributed by atoms with Crippen LogP contribution in [0.1, 0.15) is 11.4 Å². The number of H-pyrrole nitrogens is 1. The Balaban J connectivity index is 2.12. The van der Waals surface area contributed by atoms with Crippen LogP contribution in [0, 0.1) is 0 Å². The maximum Gasteiger partial charge on any atom is 0.240 e. The quantitative estimate of drug-likeness (QED) is 0.723. The molecule has 2 aromatic rings. The summed E-state index contributed by atoms with van der Waals surface area (Å²) in [7, 11) is -1.70. The average Bonchev–Trinajstić information content (AvgIpc) is 2.90. The second kappa shape index (κ2) is 5.96. The number of aromatic amines is 1. The molecule has 0 aliphatic carbocycles. The molecule has 2 rings (SSSR count). The number of nitrogens with zero attached hydrogens (tertiary/aromatic N) is 1. The summed E-state index contributed by atoms with van der Waals surface area (Å²) >= 11 is 0. The molecule has 1 aromatic carbocycles. The van der Waals surface area contributed by atoms with Crippen LogP contribution in [0.25, 0.3) is 0 Å². The highest BCUT2D eigenvalue weighted by atomic mass is 32.2. The summed E-state index contributed by atoms with van der Waals surface area (Å²) in [6.07, 6.45) is 3.23. The first-order chi connectivity index (χ1) is 9.12. The molecule has 0 amide bonds. The van der Waals surface area contributed by atoms with Crippen LogP contribution in [0.5, 0.6) is 0 Å². The fraction of sp³-hybridized carbons (Fsp3) is 0.250. The monoisotopic (exact) mass is 280 g/mol. The Morgan fingerprint density at radius 3 is 2.84 bits per heavy atom. The molecule has 0 saturated heterocycles. The average molecular weight is 280 g/mol. The van der Waals surface area contributed by atoms with E-state index in [4.69, 9.17) is 0 Å². The zero-order valence-electron chi connectivity index (χ0n) is 10.6. The van der Waals surface area contributed by atoms with Crippen LogP contribution >= 0.6 is 0 Å². The van der Waals surface area contributed by atoms with Gasteiger partial charge in [0.1, 0.15) is 5.82 Å². The molecule has 0 unspecified atom stereocenters. The van der Waals surface area contributed by atoms with Gasteiger partial charge in [-0.3, -0.25) is 0 Å². The molecule has 0 spiro atoms. The molecule has 1 aromatic heterocycles. The van der Waals surface area contributed by atoms with Crippen molar-refractivity contribution in [3.63, 3.8) is 0 Å². The number of sulfonamides is 1. The molecule has 0 aliphatic heterocycles. The molecule has 0 aliphatic rings. The molecule has 102 valence electrons. The van der Waals surface area contributed by atoms with Crippen LogP contribution in [0.2, 0.25) is 0 Å². The molecule has 3 N–H and O–H groups in total. The maximum atomic E-state index is 12.1. The fourth-order valence-corrected chi connectivity index (χ4v) is 2.73. The minimum atomic E-state index is -3.51. The van der Waals surface area contributed by atoms with Gasteiger partial charge in [0, 0.05) is 18.9 Å². The minimum absolute atomic E-state index is 0.144. The predicted octanol–water partition coefficient (Wildman–Crippen LogP) is 0.608. The van der Waals surface area contributed by atoms with E-state index in [-0.39, 0.29) is 11.4 Å². The van der Waals surface area contributed by atoms with E-state index in [0.29, 0.717) is 12.4 Å². The number of nitrogens with one attached hydrogen (secondary N) is 3. The second-order valence-corrected chi connectivity index (χ2v) is 5.81. The van der Waals surface area contributed by atoms with Gasteiger partial charge in [0.05, 0.1) is 11.4 Å². The summed E-state index contributed by atoms with van der Waals surface area (Å²) in [5.41, 5.74) is 0.920. The molecule has 7 heteroatoms. The third-order valence-corrected chi connectivity index (χ3v) is 3.97. The number of aromatic nitrogens is 2. The van der Waals surface area contributed by atoms with E-state index < -0.39 is 10.0 Å². The third-order valence-electron chi connectivity index (χ3n) is 2.57. The van der Waals surface area contributed by atoms with Crippen LogP contribution in [0.4, 0.5) is 0 Å². The highest BCUT2D eigenvalue weighted by Gasteiger charge is 2.14. The van der Waals surface area contributed by atoms with Crippen LogP contribution < -0.4 is 10.0 Å². The highest BCUT2D eigenvalue weighted by molar-refractivity contribution is 7.89. The molecule has 1 heterocycles. The van der Waals surface area contributed by atoms with Crippen molar-refractivity contribution in [3.8, 4) is 0 Å². The second-order valence-electron chi connectivity index (χ2n) is 4.04. The van der Waals surface area contributed by atoms with Gasteiger partial charge in [0.25, 0.3) is 0 Å². The van der Waals surface area contributed by atoms with E-state index in [1.807, 2.05) is 13.1 Å². The zero-order chi connectivity index (χ0) is 13.7. The lowest BCUT2D eigenvalue weighted by atomic mass is 10.2. The molecular weight excluding hydrogens is 264 g/mol. The Bertz CT molecular complexity index is 623. The molecule has 0 saturated carbocycles. The smallest absolute Gasteiger partial charge is 0.240 e. The van der Waals surface area contributed by atoms with E-state index in [0.717, 1.165) is 5.56 Å². The van der Waals surface area contributed by atoms with Crippen molar-refractivity contribution in [2.24, 2.45) is 0 Å². The molecule has 19 heavy (non-hydrogen) atoms. The number of hydrogen-bond donors (Lipinski definition) is 3. The summed E-state index contributed by atoms with van der Waals surface area (Å²) in [6, 6.07) is 6.83. The Morgan fingerprint density at radius 1 is 1.32 bits per heavy atom. The van der Waals surface area contributed by atoms with Crippen molar-refractivity contribution in [1.29, 1.82) is 0 Å². The Morgan fingerprint density at radius 2 is 2.16 bits per heavy atom. The van der Waals surface area contributed by atoms with Gasteiger partial charge >= 0.3 is 0 Å². The number of hydrogen-bond acceptors (Lipinski definition) is 4. The topological polar surface area (TPSA) is 86.9 Å². The van der Waals surface area contributed by atoms with Crippen LogP contribution in [0.15, 0.2) is 41.6 Å². The van der Waals surface area contributed by atoms with Gasteiger partial charge in [-0.1, -0.05) is 12.1 Å². The summed E-state index contributed by atoms with van der Waals surface area (Å²) in [4.78, 5) is 7.07. The van der Waals surface area contributed by atoms with Gasteiger partial charge < -0.3 is 10.3 Å². The largest absolute Gasteiger partial charge is 0.347 e. The van der Waals surface area contributed by atoms with Crippen molar-refractivity contribution in [2.75, 3.05) is 7.05 Å². The lowest BCUT2D eigenvalue weighted by Crippen LogP contribution is -2.24. The van der Waals surface area contributed by atoms with E-state index in [1.165, 1.54) is 0 Å². The summed E-state index contributed by atoms with van der Waals surface area (Å²) in [6.45, 7) is 0.771. The van der Waals surface area contributed by atoms with E-state index in [1.54, 1.807) is 30.6 Å². The Labute approximate surface area is 112 Å². The Hall–Kier alpha value is -1.70. The molecule has 6 nitrogen and oxygen atoms in total. The molecule has 0 fully saturated rings. The Kier molecular flexibility index (Phi) is 4.31. The van der Waals surface area contributed by atoms with E-state index in [2.05, 4.69) is 20.0 Å². The van der Waals surface area contributed by atoms with Crippen molar-refractivity contribution in [2.45, 2.75) is 18.0 Å². The lowest BCUT2D eigenvalue weighted by Gasteiger charge is -2.07. The van der Waals surface area contributed by atoms with Crippen LogP contribution in [-0.4, -0.2) is 25.4 Å². The van der Waals surface area contributed by atoms with Gasteiger partial charge in [-0.25, -0.2) is 18.1 Å². The van der Waals surface area contributed by atoms with Gasteiger partial charge in [0.2, 0.25) is 10.0 Å². The zero-order valence-corrected chi connectivity index (χ0v) is 11.4. The van der Waals surface area contributed by atoms with Gasteiger partial charge in [0.15, 0.2) is 0 Å². The van der Waals surface area contributed by atoms with Gasteiger partial charge in [-0.05, 0) is 24.7 Å². The number of imidazole rings is 1.